The van der Waals surface area contributed by atoms with Gasteiger partial charge in [-0.3, -0.25) is 4.68 Å². The zero-order valence-corrected chi connectivity index (χ0v) is 11.8. The van der Waals surface area contributed by atoms with Crippen molar-refractivity contribution in [3.05, 3.63) is 17.5 Å². The molecule has 0 saturated carbocycles. The molecule has 0 spiro atoms. The van der Waals surface area contributed by atoms with E-state index in [2.05, 4.69) is 30.5 Å². The van der Waals surface area contributed by atoms with Crippen molar-refractivity contribution in [1.82, 2.24) is 15.1 Å². The number of likely N-dealkylation sites (N-methyl/N-ethyl adjacent to an activating group) is 1. The molecule has 102 valence electrons. The first-order valence-electron chi connectivity index (χ1n) is 7.01. The Kier molecular flexibility index (Phi) is 4.78. The number of hydrogen-bond acceptors (Lipinski definition) is 3. The predicted molar refractivity (Wildman–Crippen MR) is 72.7 cm³/mol. The fraction of sp³-hybridized carbons (Fsp3) is 0.786. The third kappa shape index (κ3) is 3.12. The van der Waals surface area contributed by atoms with E-state index in [1.54, 1.807) is 0 Å². The van der Waals surface area contributed by atoms with E-state index >= 15 is 0 Å². The normalized spacial score (nSPS) is 22.1. The number of rotatable bonds is 5. The van der Waals surface area contributed by atoms with Crippen LogP contribution in [0.2, 0.25) is 0 Å². The second-order valence-corrected chi connectivity index (χ2v) is 5.18. The Morgan fingerprint density at radius 3 is 3.00 bits per heavy atom. The summed E-state index contributed by atoms with van der Waals surface area (Å²) < 4.78 is 7.62. The van der Waals surface area contributed by atoms with Crippen molar-refractivity contribution in [2.45, 2.75) is 38.6 Å². The Bertz CT molecular complexity index is 369. The second kappa shape index (κ2) is 6.34. The van der Waals surface area contributed by atoms with Gasteiger partial charge in [-0.1, -0.05) is 6.92 Å². The summed E-state index contributed by atoms with van der Waals surface area (Å²) in [5.41, 5.74) is 2.50. The molecule has 1 saturated heterocycles. The Morgan fingerprint density at radius 1 is 1.61 bits per heavy atom. The molecule has 2 unspecified atom stereocenters. The molecule has 0 aliphatic carbocycles. The van der Waals surface area contributed by atoms with Crippen LogP contribution in [0.15, 0.2) is 6.07 Å². The molecule has 1 aliphatic heterocycles. The Labute approximate surface area is 110 Å². The number of nitrogens with zero attached hydrogens (tertiary/aromatic N) is 2. The lowest BCUT2D eigenvalue weighted by atomic mass is 9.90. The van der Waals surface area contributed by atoms with E-state index in [1.807, 2.05) is 11.7 Å². The van der Waals surface area contributed by atoms with Crippen molar-refractivity contribution < 1.29 is 4.74 Å². The molecule has 2 atom stereocenters. The topological polar surface area (TPSA) is 39.1 Å². The number of aromatic nitrogens is 2. The predicted octanol–water partition coefficient (Wildman–Crippen LogP) is 1.54. The van der Waals surface area contributed by atoms with Gasteiger partial charge < -0.3 is 10.1 Å². The highest BCUT2D eigenvalue weighted by atomic mass is 16.5. The monoisotopic (exact) mass is 251 g/mol. The summed E-state index contributed by atoms with van der Waals surface area (Å²) in [4.78, 5) is 0. The zero-order valence-electron chi connectivity index (χ0n) is 11.8. The highest BCUT2D eigenvalue weighted by Gasteiger charge is 2.24. The molecular weight excluding hydrogens is 226 g/mol. The van der Waals surface area contributed by atoms with Crippen LogP contribution < -0.4 is 5.32 Å². The average molecular weight is 251 g/mol. The minimum Gasteiger partial charge on any atom is -0.381 e. The van der Waals surface area contributed by atoms with E-state index in [9.17, 15) is 0 Å². The van der Waals surface area contributed by atoms with Crippen LogP contribution in [0, 0.1) is 5.92 Å². The molecule has 0 bridgehead atoms. The van der Waals surface area contributed by atoms with E-state index in [4.69, 9.17) is 4.74 Å². The summed E-state index contributed by atoms with van der Waals surface area (Å²) >= 11 is 0. The zero-order chi connectivity index (χ0) is 13.0. The lowest BCUT2D eigenvalue weighted by Gasteiger charge is -2.30. The lowest BCUT2D eigenvalue weighted by molar-refractivity contribution is 0.0402. The van der Waals surface area contributed by atoms with Gasteiger partial charge in [-0.2, -0.15) is 5.10 Å². The van der Waals surface area contributed by atoms with Gasteiger partial charge in [0.05, 0.1) is 12.3 Å². The van der Waals surface area contributed by atoms with Crippen LogP contribution in [0.4, 0.5) is 0 Å². The van der Waals surface area contributed by atoms with Crippen LogP contribution in [0.1, 0.15) is 31.2 Å². The summed E-state index contributed by atoms with van der Waals surface area (Å²) in [6.45, 7) is 3.97. The Balaban J connectivity index is 2.02. The van der Waals surface area contributed by atoms with Gasteiger partial charge in [-0.25, -0.2) is 0 Å². The van der Waals surface area contributed by atoms with Gasteiger partial charge in [0.15, 0.2) is 0 Å². The first-order chi connectivity index (χ1) is 8.74. The third-order valence-electron chi connectivity index (χ3n) is 3.95. The minimum absolute atomic E-state index is 0.491. The lowest BCUT2D eigenvalue weighted by Crippen LogP contribution is -2.40. The highest BCUT2D eigenvalue weighted by Crippen LogP contribution is 2.20. The number of ether oxygens (including phenoxy) is 1. The average Bonchev–Trinajstić information content (AvgIpc) is 2.77. The summed E-state index contributed by atoms with van der Waals surface area (Å²) in [6.07, 6.45) is 4.50. The van der Waals surface area contributed by atoms with E-state index in [0.29, 0.717) is 12.0 Å². The molecule has 2 heterocycles. The quantitative estimate of drug-likeness (QED) is 0.863. The van der Waals surface area contributed by atoms with Crippen LogP contribution in [-0.2, 0) is 24.6 Å². The molecule has 0 aromatic carbocycles. The van der Waals surface area contributed by atoms with Crippen molar-refractivity contribution in [1.29, 1.82) is 0 Å². The summed E-state index contributed by atoms with van der Waals surface area (Å²) in [5.74, 6) is 0.628. The molecule has 0 radical (unpaired) electrons. The van der Waals surface area contributed by atoms with Crippen LogP contribution in [-0.4, -0.2) is 36.1 Å². The van der Waals surface area contributed by atoms with Crippen LogP contribution in [0.3, 0.4) is 0 Å². The van der Waals surface area contributed by atoms with Crippen molar-refractivity contribution in [2.75, 3.05) is 20.3 Å². The van der Waals surface area contributed by atoms with Crippen LogP contribution in [0.25, 0.3) is 0 Å². The number of aryl methyl sites for hydroxylation is 2. The van der Waals surface area contributed by atoms with Gasteiger partial charge in [0.1, 0.15) is 0 Å². The number of nitrogens with one attached hydrogen (secondary N) is 1. The van der Waals surface area contributed by atoms with E-state index in [-0.39, 0.29) is 0 Å². The van der Waals surface area contributed by atoms with Crippen molar-refractivity contribution >= 4 is 0 Å². The summed E-state index contributed by atoms with van der Waals surface area (Å²) in [7, 11) is 4.09. The van der Waals surface area contributed by atoms with Gasteiger partial charge >= 0.3 is 0 Å². The maximum Gasteiger partial charge on any atom is 0.0624 e. The summed E-state index contributed by atoms with van der Waals surface area (Å²) in [5, 5.41) is 7.97. The Hall–Kier alpha value is -0.870. The largest absolute Gasteiger partial charge is 0.381 e. The van der Waals surface area contributed by atoms with Crippen molar-refractivity contribution in [2.24, 2.45) is 13.0 Å². The molecule has 1 aliphatic rings. The van der Waals surface area contributed by atoms with Gasteiger partial charge in [0.2, 0.25) is 0 Å². The van der Waals surface area contributed by atoms with Gasteiger partial charge in [0, 0.05) is 31.8 Å². The van der Waals surface area contributed by atoms with Crippen LogP contribution >= 0.6 is 0 Å². The maximum atomic E-state index is 5.60. The summed E-state index contributed by atoms with van der Waals surface area (Å²) in [6, 6.07) is 2.72. The molecule has 1 N–H and O–H groups in total. The first-order valence-corrected chi connectivity index (χ1v) is 7.01. The molecule has 0 amide bonds. The van der Waals surface area contributed by atoms with Crippen LogP contribution in [0.5, 0.6) is 0 Å². The van der Waals surface area contributed by atoms with Gasteiger partial charge in [-0.05, 0) is 38.3 Å². The van der Waals surface area contributed by atoms with Crippen molar-refractivity contribution in [3.63, 3.8) is 0 Å². The molecule has 4 heteroatoms. The Morgan fingerprint density at radius 2 is 2.44 bits per heavy atom. The molecule has 4 nitrogen and oxygen atoms in total. The van der Waals surface area contributed by atoms with E-state index in [0.717, 1.165) is 26.1 Å². The molecule has 1 aromatic rings. The number of hydrogen-bond donors (Lipinski definition) is 1. The molecule has 1 aromatic heterocycles. The van der Waals surface area contributed by atoms with Crippen molar-refractivity contribution in [3.8, 4) is 0 Å². The standard InChI is InChI=1S/C14H25N3O/c1-4-12-8-13(17(3)16-12)9-14(15-2)11-6-5-7-18-10-11/h8,11,14-15H,4-7,9-10H2,1-3H3. The van der Waals surface area contributed by atoms with Gasteiger partial charge in [-0.15, -0.1) is 0 Å². The third-order valence-corrected chi connectivity index (χ3v) is 3.95. The highest BCUT2D eigenvalue weighted by molar-refractivity contribution is 5.12. The van der Waals surface area contributed by atoms with E-state index in [1.165, 1.54) is 24.2 Å². The molecule has 2 rings (SSSR count). The fourth-order valence-corrected chi connectivity index (χ4v) is 2.75. The molecule has 1 fully saturated rings. The molecule has 18 heavy (non-hydrogen) atoms. The first kappa shape index (κ1) is 13.6. The maximum absolute atomic E-state index is 5.60. The van der Waals surface area contributed by atoms with Gasteiger partial charge in [0.25, 0.3) is 0 Å². The fourth-order valence-electron chi connectivity index (χ4n) is 2.75. The minimum atomic E-state index is 0.491. The SMILES string of the molecule is CCc1cc(CC(NC)C2CCCOC2)n(C)n1. The second-order valence-electron chi connectivity index (χ2n) is 5.18. The smallest absolute Gasteiger partial charge is 0.0624 e. The van der Waals surface area contributed by atoms with E-state index < -0.39 is 0 Å². The molecular formula is C14H25N3O.